The first-order valence-electron chi connectivity index (χ1n) is 6.87. The summed E-state index contributed by atoms with van der Waals surface area (Å²) in [5, 5.41) is 11.1. The van der Waals surface area contributed by atoms with Crippen molar-refractivity contribution in [1.29, 1.82) is 5.41 Å². The Balaban J connectivity index is 2.59. The van der Waals surface area contributed by atoms with Crippen LogP contribution in [0.1, 0.15) is 18.9 Å². The number of allylic oxidation sites excluding steroid dienone is 1. The minimum Gasteiger partial charge on any atom is -0.477 e. The molecular weight excluding hydrogens is 359 g/mol. The third kappa shape index (κ3) is 8.14. The van der Waals surface area contributed by atoms with Crippen LogP contribution in [0.25, 0.3) is 10.4 Å². The number of alkyl halides is 3. The SMILES string of the molecule is C/C(=C\C(COC(=N)C(Cl)(Cl)Cl)N=[N+]=[N-])CCc1ccccc1. The molecule has 1 aromatic carbocycles. The predicted octanol–water partition coefficient (Wildman–Crippen LogP) is 5.61. The summed E-state index contributed by atoms with van der Waals surface area (Å²) in [5.74, 6) is -0.504. The molecule has 0 aliphatic carbocycles. The number of nitrogens with one attached hydrogen (secondary N) is 1. The Bertz CT molecular complexity index is 592. The maximum absolute atomic E-state index is 8.62. The van der Waals surface area contributed by atoms with Gasteiger partial charge in [-0.1, -0.05) is 81.9 Å². The molecule has 0 heterocycles. The van der Waals surface area contributed by atoms with Gasteiger partial charge in [0.15, 0.2) is 0 Å². The van der Waals surface area contributed by atoms with Crippen LogP contribution >= 0.6 is 34.8 Å². The number of nitrogens with zero attached hydrogens (tertiary/aromatic N) is 3. The average Bonchev–Trinajstić information content (AvgIpc) is 2.50. The van der Waals surface area contributed by atoms with E-state index >= 15 is 0 Å². The van der Waals surface area contributed by atoms with E-state index < -0.39 is 15.7 Å². The lowest BCUT2D eigenvalue weighted by Crippen LogP contribution is -2.24. The molecular formula is C15H17Cl3N4O. The van der Waals surface area contributed by atoms with Gasteiger partial charge >= 0.3 is 0 Å². The summed E-state index contributed by atoms with van der Waals surface area (Å²) in [5.41, 5.74) is 10.9. The summed E-state index contributed by atoms with van der Waals surface area (Å²) in [7, 11) is 0. The summed E-state index contributed by atoms with van der Waals surface area (Å²) < 4.78 is 3.14. The number of benzene rings is 1. The van der Waals surface area contributed by atoms with Crippen LogP contribution in [-0.4, -0.2) is 22.3 Å². The van der Waals surface area contributed by atoms with Gasteiger partial charge in [0, 0.05) is 4.91 Å². The molecule has 1 aromatic rings. The molecule has 0 fully saturated rings. The van der Waals surface area contributed by atoms with Gasteiger partial charge in [-0.25, -0.2) is 0 Å². The smallest absolute Gasteiger partial charge is 0.265 e. The molecule has 0 aliphatic heterocycles. The third-order valence-corrected chi connectivity index (χ3v) is 3.50. The van der Waals surface area contributed by atoms with Gasteiger partial charge in [-0.3, -0.25) is 5.41 Å². The molecule has 1 rings (SSSR count). The number of hydrogen-bond donors (Lipinski definition) is 1. The van der Waals surface area contributed by atoms with Gasteiger partial charge in [0.1, 0.15) is 6.61 Å². The second-order valence-corrected chi connectivity index (χ2v) is 7.19. The number of hydrogen-bond acceptors (Lipinski definition) is 3. The molecule has 1 N–H and O–H groups in total. The van der Waals surface area contributed by atoms with Gasteiger partial charge in [-0.15, -0.1) is 0 Å². The Morgan fingerprint density at radius 3 is 2.61 bits per heavy atom. The highest BCUT2D eigenvalue weighted by molar-refractivity contribution is 6.76. The zero-order valence-electron chi connectivity index (χ0n) is 12.5. The second-order valence-electron chi connectivity index (χ2n) is 4.91. The first kappa shape index (κ1) is 19.7. The van der Waals surface area contributed by atoms with Crippen molar-refractivity contribution in [3.05, 3.63) is 58.0 Å². The molecule has 5 nitrogen and oxygen atoms in total. The van der Waals surface area contributed by atoms with Crippen LogP contribution in [0.4, 0.5) is 0 Å². The van der Waals surface area contributed by atoms with Crippen LogP contribution < -0.4 is 0 Å². The normalized spacial score (nSPS) is 13.1. The fraction of sp³-hybridized carbons (Fsp3) is 0.400. The summed E-state index contributed by atoms with van der Waals surface area (Å²) in [6.45, 7) is 1.89. The van der Waals surface area contributed by atoms with E-state index in [0.717, 1.165) is 18.4 Å². The van der Waals surface area contributed by atoms with Crippen LogP contribution in [0.5, 0.6) is 0 Å². The Labute approximate surface area is 150 Å². The van der Waals surface area contributed by atoms with E-state index in [1.807, 2.05) is 25.1 Å². The molecule has 8 heteroatoms. The van der Waals surface area contributed by atoms with E-state index in [-0.39, 0.29) is 6.61 Å². The van der Waals surface area contributed by atoms with Crippen LogP contribution in [0.15, 0.2) is 47.1 Å². The topological polar surface area (TPSA) is 81.8 Å². The fourth-order valence-corrected chi connectivity index (χ4v) is 1.99. The summed E-state index contributed by atoms with van der Waals surface area (Å²) >= 11 is 16.6. The van der Waals surface area contributed by atoms with Crippen LogP contribution in [0.3, 0.4) is 0 Å². The first-order chi connectivity index (χ1) is 10.8. The van der Waals surface area contributed by atoms with Gasteiger partial charge in [-0.2, -0.15) is 0 Å². The monoisotopic (exact) mass is 374 g/mol. The minimum atomic E-state index is -1.92. The minimum absolute atomic E-state index is 0.0561. The Morgan fingerprint density at radius 1 is 1.39 bits per heavy atom. The molecule has 0 radical (unpaired) electrons. The van der Waals surface area contributed by atoms with Crippen molar-refractivity contribution < 1.29 is 4.74 Å². The number of halogens is 3. The molecule has 0 saturated carbocycles. The Kier molecular flexibility index (Phi) is 8.28. The maximum Gasteiger partial charge on any atom is 0.265 e. The van der Waals surface area contributed by atoms with Gasteiger partial charge in [0.25, 0.3) is 3.79 Å². The summed E-state index contributed by atoms with van der Waals surface area (Å²) in [4.78, 5) is 2.78. The molecule has 0 aromatic heterocycles. The molecule has 0 aliphatic rings. The molecule has 1 unspecified atom stereocenters. The number of aryl methyl sites for hydroxylation is 1. The van der Waals surface area contributed by atoms with E-state index in [1.54, 1.807) is 6.08 Å². The van der Waals surface area contributed by atoms with Gasteiger partial charge in [0.05, 0.1) is 6.04 Å². The van der Waals surface area contributed by atoms with Crippen molar-refractivity contribution in [2.45, 2.75) is 29.6 Å². The van der Waals surface area contributed by atoms with Crippen molar-refractivity contribution in [2.24, 2.45) is 5.11 Å². The third-order valence-electron chi connectivity index (χ3n) is 2.98. The van der Waals surface area contributed by atoms with E-state index in [9.17, 15) is 0 Å². The van der Waals surface area contributed by atoms with Crippen LogP contribution in [0, 0.1) is 5.41 Å². The standard InChI is InChI=1S/C15H17Cl3N4O/c1-11(7-8-12-5-3-2-4-6-12)9-13(21-22-20)10-23-14(19)15(16,17)18/h2-6,9,13,19H,7-8,10H2,1H3/b11-9+,19-14?. The number of rotatable bonds is 7. The van der Waals surface area contributed by atoms with Crippen LogP contribution in [-0.2, 0) is 11.2 Å². The second kappa shape index (κ2) is 9.68. The average molecular weight is 376 g/mol. The molecule has 0 saturated heterocycles. The number of azide groups is 1. The van der Waals surface area contributed by atoms with E-state index in [1.165, 1.54) is 5.56 Å². The van der Waals surface area contributed by atoms with Crippen molar-refractivity contribution in [3.8, 4) is 0 Å². The Hall–Kier alpha value is -1.39. The van der Waals surface area contributed by atoms with Crippen molar-refractivity contribution in [1.82, 2.24) is 0 Å². The first-order valence-corrected chi connectivity index (χ1v) is 8.00. The van der Waals surface area contributed by atoms with Crippen molar-refractivity contribution in [2.75, 3.05) is 6.61 Å². The molecule has 0 amide bonds. The Morgan fingerprint density at radius 2 is 2.04 bits per heavy atom. The zero-order valence-corrected chi connectivity index (χ0v) is 14.8. The molecule has 23 heavy (non-hydrogen) atoms. The molecule has 1 atom stereocenters. The van der Waals surface area contributed by atoms with E-state index in [2.05, 4.69) is 22.2 Å². The lowest BCUT2D eigenvalue weighted by molar-refractivity contribution is 0.285. The highest BCUT2D eigenvalue weighted by Crippen LogP contribution is 2.27. The van der Waals surface area contributed by atoms with E-state index in [4.69, 9.17) is 50.5 Å². The molecule has 124 valence electrons. The molecule has 0 bridgehead atoms. The van der Waals surface area contributed by atoms with Crippen molar-refractivity contribution >= 4 is 40.7 Å². The molecule has 0 spiro atoms. The maximum atomic E-state index is 8.62. The van der Waals surface area contributed by atoms with Gasteiger partial charge < -0.3 is 4.74 Å². The summed E-state index contributed by atoms with van der Waals surface area (Å²) in [6.07, 6.45) is 3.51. The fourth-order valence-electron chi connectivity index (χ4n) is 1.83. The van der Waals surface area contributed by atoms with Gasteiger partial charge in [0.2, 0.25) is 5.90 Å². The highest BCUT2D eigenvalue weighted by atomic mass is 35.6. The van der Waals surface area contributed by atoms with E-state index in [0.29, 0.717) is 0 Å². The quantitative estimate of drug-likeness (QED) is 0.126. The van der Waals surface area contributed by atoms with Gasteiger partial charge in [-0.05, 0) is 30.9 Å². The largest absolute Gasteiger partial charge is 0.477 e. The lowest BCUT2D eigenvalue weighted by atomic mass is 10.0. The van der Waals surface area contributed by atoms with Crippen molar-refractivity contribution in [3.63, 3.8) is 0 Å². The number of ether oxygens (including phenoxy) is 1. The predicted molar refractivity (Wildman–Crippen MR) is 95.4 cm³/mol. The zero-order chi connectivity index (χ0) is 17.3. The van der Waals surface area contributed by atoms with Crippen LogP contribution in [0.2, 0.25) is 0 Å². The lowest BCUT2D eigenvalue weighted by Gasteiger charge is -2.15. The summed E-state index contributed by atoms with van der Waals surface area (Å²) in [6, 6.07) is 9.51. The highest BCUT2D eigenvalue weighted by Gasteiger charge is 2.28.